The number of aliphatic hydroxyl groups excluding tert-OH is 1. The zero-order valence-corrected chi connectivity index (χ0v) is 4.55. The summed E-state index contributed by atoms with van der Waals surface area (Å²) in [5.41, 5.74) is 1.95. The van der Waals surface area contributed by atoms with Gasteiger partial charge in [-0.1, -0.05) is 0 Å². The lowest BCUT2D eigenvalue weighted by Gasteiger charge is -1.93. The quantitative estimate of drug-likeness (QED) is 0.246. The molecule has 0 saturated heterocycles. The van der Waals surface area contributed by atoms with E-state index >= 15 is 0 Å². The Morgan fingerprint density at radius 3 is 2.75 bits per heavy atom. The molecule has 0 saturated carbocycles. The first kappa shape index (κ1) is 7.39. The third-order valence-corrected chi connectivity index (χ3v) is 0.723. The van der Waals surface area contributed by atoms with E-state index in [0.717, 1.165) is 0 Å². The normalized spacial score (nSPS) is 8.75. The number of nitrogens with two attached hydrogens (primary N) is 1. The summed E-state index contributed by atoms with van der Waals surface area (Å²) in [6.07, 6.45) is 0.774. The minimum absolute atomic E-state index is 0.0351. The van der Waals surface area contributed by atoms with Crippen LogP contribution in [0.15, 0.2) is 0 Å². The SMILES string of the molecule is NNC(=O)CCCO. The van der Waals surface area contributed by atoms with Crippen molar-refractivity contribution in [1.82, 2.24) is 5.43 Å². The molecular weight excluding hydrogens is 108 g/mol. The molecule has 4 nitrogen and oxygen atoms in total. The van der Waals surface area contributed by atoms with Crippen LogP contribution in [0.25, 0.3) is 0 Å². The topological polar surface area (TPSA) is 75.3 Å². The molecule has 0 aliphatic heterocycles. The van der Waals surface area contributed by atoms with Crippen LogP contribution in [-0.2, 0) is 4.79 Å². The smallest absolute Gasteiger partial charge is 0.233 e. The first-order chi connectivity index (χ1) is 3.81. The summed E-state index contributed by atoms with van der Waals surface area (Å²) >= 11 is 0. The predicted molar refractivity (Wildman–Crippen MR) is 28.6 cm³/mol. The molecule has 0 radical (unpaired) electrons. The van der Waals surface area contributed by atoms with Crippen LogP contribution in [0.4, 0.5) is 0 Å². The minimum atomic E-state index is -0.237. The largest absolute Gasteiger partial charge is 0.396 e. The Balaban J connectivity index is 2.99. The molecule has 0 heterocycles. The second kappa shape index (κ2) is 4.55. The minimum Gasteiger partial charge on any atom is -0.396 e. The maximum Gasteiger partial charge on any atom is 0.233 e. The van der Waals surface area contributed by atoms with Crippen molar-refractivity contribution in [3.8, 4) is 0 Å². The van der Waals surface area contributed by atoms with E-state index in [2.05, 4.69) is 0 Å². The van der Waals surface area contributed by atoms with E-state index in [1.807, 2.05) is 5.43 Å². The highest BCUT2D eigenvalue weighted by Gasteiger charge is 1.93. The molecule has 4 N–H and O–H groups in total. The number of carbonyl (C=O) groups excluding carboxylic acids is 1. The van der Waals surface area contributed by atoms with E-state index in [1.165, 1.54) is 0 Å². The maximum atomic E-state index is 10.2. The highest BCUT2D eigenvalue weighted by atomic mass is 16.3. The standard InChI is InChI=1S/C4H10N2O2/c5-6-4(8)2-1-3-7/h7H,1-3,5H2,(H,6,8). The number of rotatable bonds is 3. The van der Waals surface area contributed by atoms with Crippen molar-refractivity contribution < 1.29 is 9.90 Å². The van der Waals surface area contributed by atoms with E-state index in [4.69, 9.17) is 10.9 Å². The molecule has 8 heavy (non-hydrogen) atoms. The van der Waals surface area contributed by atoms with Gasteiger partial charge < -0.3 is 5.11 Å². The number of hydrogen-bond donors (Lipinski definition) is 3. The Hall–Kier alpha value is -0.610. The van der Waals surface area contributed by atoms with Gasteiger partial charge >= 0.3 is 0 Å². The number of carbonyl (C=O) groups is 1. The average molecular weight is 118 g/mol. The highest BCUT2D eigenvalue weighted by molar-refractivity contribution is 5.75. The number of amides is 1. The first-order valence-electron chi connectivity index (χ1n) is 2.41. The first-order valence-corrected chi connectivity index (χ1v) is 2.41. The summed E-state index contributed by atoms with van der Waals surface area (Å²) in [5.74, 6) is 4.49. The number of nitrogens with one attached hydrogen (secondary N) is 1. The van der Waals surface area contributed by atoms with Gasteiger partial charge in [0.15, 0.2) is 0 Å². The van der Waals surface area contributed by atoms with Gasteiger partial charge in [0.05, 0.1) is 0 Å². The van der Waals surface area contributed by atoms with E-state index < -0.39 is 0 Å². The molecule has 1 amide bonds. The van der Waals surface area contributed by atoms with Gasteiger partial charge in [-0.15, -0.1) is 0 Å². The molecule has 0 aliphatic rings. The summed E-state index contributed by atoms with van der Waals surface area (Å²) in [4.78, 5) is 10.2. The Kier molecular flexibility index (Phi) is 4.20. The molecule has 0 bridgehead atoms. The van der Waals surface area contributed by atoms with Gasteiger partial charge in [0.1, 0.15) is 0 Å². The van der Waals surface area contributed by atoms with Gasteiger partial charge in [-0.25, -0.2) is 5.84 Å². The van der Waals surface area contributed by atoms with Crippen molar-refractivity contribution in [3.05, 3.63) is 0 Å². The molecule has 0 aromatic rings. The molecule has 0 rings (SSSR count). The van der Waals surface area contributed by atoms with Gasteiger partial charge in [-0.05, 0) is 6.42 Å². The van der Waals surface area contributed by atoms with Crippen LogP contribution in [-0.4, -0.2) is 17.6 Å². The Morgan fingerprint density at radius 1 is 1.75 bits per heavy atom. The lowest BCUT2D eigenvalue weighted by Crippen LogP contribution is -2.29. The number of aliphatic hydroxyl groups is 1. The molecule has 0 aromatic heterocycles. The van der Waals surface area contributed by atoms with Gasteiger partial charge in [0.2, 0.25) is 5.91 Å². The van der Waals surface area contributed by atoms with Crippen molar-refractivity contribution in [2.75, 3.05) is 6.61 Å². The maximum absolute atomic E-state index is 10.2. The highest BCUT2D eigenvalue weighted by Crippen LogP contribution is 1.83. The summed E-state index contributed by atoms with van der Waals surface area (Å²) in [6, 6.07) is 0. The average Bonchev–Trinajstić information content (AvgIpc) is 1.83. The number of hydrogen-bond acceptors (Lipinski definition) is 3. The van der Waals surface area contributed by atoms with Crippen molar-refractivity contribution in [1.29, 1.82) is 0 Å². The molecule has 0 atom stereocenters. The van der Waals surface area contributed by atoms with Crippen LogP contribution in [0.5, 0.6) is 0 Å². The fourth-order valence-corrected chi connectivity index (χ4v) is 0.312. The lowest BCUT2D eigenvalue weighted by atomic mass is 10.3. The van der Waals surface area contributed by atoms with E-state index in [1.54, 1.807) is 0 Å². The summed E-state index contributed by atoms with van der Waals surface area (Å²) in [5, 5.41) is 8.19. The Morgan fingerprint density at radius 2 is 2.38 bits per heavy atom. The van der Waals surface area contributed by atoms with E-state index in [0.29, 0.717) is 12.8 Å². The van der Waals surface area contributed by atoms with Gasteiger partial charge in [-0.3, -0.25) is 10.2 Å². The van der Waals surface area contributed by atoms with Gasteiger partial charge in [-0.2, -0.15) is 0 Å². The zero-order valence-electron chi connectivity index (χ0n) is 4.55. The third kappa shape index (κ3) is 3.58. The Bertz CT molecular complexity index is 74.4. The van der Waals surface area contributed by atoms with Crippen molar-refractivity contribution in [2.24, 2.45) is 5.84 Å². The Labute approximate surface area is 47.6 Å². The molecule has 4 heteroatoms. The fraction of sp³-hybridized carbons (Fsp3) is 0.750. The summed E-state index contributed by atoms with van der Waals surface area (Å²) in [7, 11) is 0. The zero-order chi connectivity index (χ0) is 6.41. The second-order valence-corrected chi connectivity index (χ2v) is 1.39. The molecule has 0 unspecified atom stereocenters. The molecular formula is C4H10N2O2. The van der Waals surface area contributed by atoms with Crippen LogP contribution in [0.2, 0.25) is 0 Å². The lowest BCUT2D eigenvalue weighted by molar-refractivity contribution is -0.121. The summed E-state index contributed by atoms with van der Waals surface area (Å²) < 4.78 is 0. The second-order valence-electron chi connectivity index (χ2n) is 1.39. The van der Waals surface area contributed by atoms with Crippen LogP contribution in [0.1, 0.15) is 12.8 Å². The number of hydrazine groups is 1. The van der Waals surface area contributed by atoms with E-state index in [9.17, 15) is 4.79 Å². The molecule has 0 aliphatic carbocycles. The van der Waals surface area contributed by atoms with Crippen molar-refractivity contribution in [3.63, 3.8) is 0 Å². The summed E-state index contributed by atoms with van der Waals surface area (Å²) in [6.45, 7) is 0.0351. The fourth-order valence-electron chi connectivity index (χ4n) is 0.312. The molecule has 0 fully saturated rings. The molecule has 0 aromatic carbocycles. The van der Waals surface area contributed by atoms with Gasteiger partial charge in [0, 0.05) is 13.0 Å². The third-order valence-electron chi connectivity index (χ3n) is 0.723. The monoisotopic (exact) mass is 118 g/mol. The van der Waals surface area contributed by atoms with Crippen molar-refractivity contribution in [2.45, 2.75) is 12.8 Å². The molecule has 0 spiro atoms. The molecule has 48 valence electrons. The van der Waals surface area contributed by atoms with Crippen LogP contribution >= 0.6 is 0 Å². The van der Waals surface area contributed by atoms with Gasteiger partial charge in [0.25, 0.3) is 0 Å². The van der Waals surface area contributed by atoms with E-state index in [-0.39, 0.29) is 12.5 Å². The van der Waals surface area contributed by atoms with Crippen LogP contribution < -0.4 is 11.3 Å². The predicted octanol–water partition coefficient (Wildman–Crippen LogP) is -1.25. The van der Waals surface area contributed by atoms with Crippen molar-refractivity contribution >= 4 is 5.91 Å². The van der Waals surface area contributed by atoms with Crippen LogP contribution in [0.3, 0.4) is 0 Å². The van der Waals surface area contributed by atoms with Crippen LogP contribution in [0, 0.1) is 0 Å².